The zero-order valence-corrected chi connectivity index (χ0v) is 15.0. The van der Waals surface area contributed by atoms with E-state index in [1.54, 1.807) is 0 Å². The third-order valence-electron chi connectivity index (χ3n) is 5.21. The molecule has 0 atom stereocenters. The van der Waals surface area contributed by atoms with Crippen LogP contribution >= 0.6 is 12.2 Å². The summed E-state index contributed by atoms with van der Waals surface area (Å²) in [7, 11) is 0. The number of anilines is 2. The molecule has 0 unspecified atom stereocenters. The molecule has 0 bridgehead atoms. The maximum absolute atomic E-state index is 5.46. The van der Waals surface area contributed by atoms with Crippen molar-refractivity contribution in [1.29, 1.82) is 0 Å². The lowest BCUT2D eigenvalue weighted by atomic mass is 9.96. The minimum atomic E-state index is 0.554. The molecule has 1 saturated heterocycles. The van der Waals surface area contributed by atoms with Gasteiger partial charge in [0.2, 0.25) is 0 Å². The Hall–Kier alpha value is -1.29. The summed E-state index contributed by atoms with van der Waals surface area (Å²) in [4.78, 5) is 2.49. The number of rotatable bonds is 3. The minimum Gasteiger partial charge on any atom is -0.372 e. The predicted molar refractivity (Wildman–Crippen MR) is 103 cm³/mol. The molecule has 1 saturated carbocycles. The van der Waals surface area contributed by atoms with Crippen molar-refractivity contribution >= 4 is 28.7 Å². The Bertz CT molecular complexity index is 500. The third kappa shape index (κ3) is 4.84. The molecular weight excluding hydrogens is 302 g/mol. The Morgan fingerprint density at radius 1 is 1.00 bits per heavy atom. The van der Waals surface area contributed by atoms with Gasteiger partial charge in [0.05, 0.1) is 0 Å². The van der Waals surface area contributed by atoms with Crippen molar-refractivity contribution in [1.82, 2.24) is 5.32 Å². The van der Waals surface area contributed by atoms with E-state index in [1.165, 1.54) is 63.7 Å². The fraction of sp³-hybridized carbons (Fsp3) is 0.632. The molecule has 2 aliphatic rings. The highest BCUT2D eigenvalue weighted by molar-refractivity contribution is 7.80. The second-order valence-corrected chi connectivity index (χ2v) is 7.56. The van der Waals surface area contributed by atoms with Gasteiger partial charge in [-0.1, -0.05) is 26.2 Å². The summed E-state index contributed by atoms with van der Waals surface area (Å²) in [6, 6.07) is 9.26. The zero-order valence-electron chi connectivity index (χ0n) is 14.2. The lowest BCUT2D eigenvalue weighted by Crippen LogP contribution is -2.38. The van der Waals surface area contributed by atoms with Gasteiger partial charge in [-0.15, -0.1) is 0 Å². The quantitative estimate of drug-likeness (QED) is 0.795. The number of hydrogen-bond acceptors (Lipinski definition) is 2. The molecule has 126 valence electrons. The second kappa shape index (κ2) is 8.00. The summed E-state index contributed by atoms with van der Waals surface area (Å²) in [5.74, 6) is 0.871. The van der Waals surface area contributed by atoms with Crippen molar-refractivity contribution in [2.45, 2.75) is 57.9 Å². The van der Waals surface area contributed by atoms with Gasteiger partial charge in [0.25, 0.3) is 0 Å². The molecular formula is C19H29N3S. The number of nitrogens with one attached hydrogen (secondary N) is 2. The van der Waals surface area contributed by atoms with Crippen LogP contribution in [-0.2, 0) is 0 Å². The van der Waals surface area contributed by atoms with Crippen LogP contribution in [0.4, 0.5) is 11.4 Å². The average Bonchev–Trinajstić information content (AvgIpc) is 2.57. The van der Waals surface area contributed by atoms with E-state index in [1.807, 2.05) is 0 Å². The number of thiocarbonyl (C=S) groups is 1. The lowest BCUT2D eigenvalue weighted by Gasteiger charge is -2.32. The van der Waals surface area contributed by atoms with E-state index in [2.05, 4.69) is 46.7 Å². The van der Waals surface area contributed by atoms with E-state index >= 15 is 0 Å². The second-order valence-electron chi connectivity index (χ2n) is 7.15. The van der Waals surface area contributed by atoms with Crippen LogP contribution in [0.2, 0.25) is 0 Å². The normalized spacial score (nSPS) is 20.3. The summed E-state index contributed by atoms with van der Waals surface area (Å²) in [5.41, 5.74) is 2.40. The van der Waals surface area contributed by atoms with E-state index in [4.69, 9.17) is 12.2 Å². The Morgan fingerprint density at radius 2 is 1.65 bits per heavy atom. The first-order valence-corrected chi connectivity index (χ1v) is 9.54. The average molecular weight is 332 g/mol. The first-order chi connectivity index (χ1) is 11.2. The van der Waals surface area contributed by atoms with E-state index in [0.29, 0.717) is 6.04 Å². The highest BCUT2D eigenvalue weighted by Gasteiger charge is 2.16. The van der Waals surface area contributed by atoms with Crippen molar-refractivity contribution in [2.75, 3.05) is 23.3 Å². The fourth-order valence-corrected chi connectivity index (χ4v) is 3.91. The summed E-state index contributed by atoms with van der Waals surface area (Å²) >= 11 is 5.46. The number of piperidine rings is 1. The molecule has 23 heavy (non-hydrogen) atoms. The van der Waals surface area contributed by atoms with Gasteiger partial charge in [-0.25, -0.2) is 0 Å². The topological polar surface area (TPSA) is 27.3 Å². The summed E-state index contributed by atoms with van der Waals surface area (Å²) in [6.45, 7) is 4.70. The van der Waals surface area contributed by atoms with Crippen LogP contribution in [0.1, 0.15) is 51.9 Å². The van der Waals surface area contributed by atoms with Gasteiger partial charge in [-0.3, -0.25) is 0 Å². The zero-order chi connectivity index (χ0) is 16.1. The van der Waals surface area contributed by atoms with Crippen molar-refractivity contribution in [3.63, 3.8) is 0 Å². The first kappa shape index (κ1) is 16.6. The van der Waals surface area contributed by atoms with Gasteiger partial charge in [-0.2, -0.15) is 0 Å². The molecule has 2 fully saturated rings. The largest absolute Gasteiger partial charge is 0.372 e. The molecule has 0 amide bonds. The van der Waals surface area contributed by atoms with Crippen molar-refractivity contribution in [2.24, 2.45) is 5.92 Å². The predicted octanol–water partition coefficient (Wildman–Crippen LogP) is 4.54. The first-order valence-electron chi connectivity index (χ1n) is 9.13. The highest BCUT2D eigenvalue weighted by Crippen LogP contribution is 2.24. The van der Waals surface area contributed by atoms with Crippen LogP contribution in [-0.4, -0.2) is 24.2 Å². The standard InChI is InChI=1S/C19H29N3S/c1-15-11-13-22(14-12-15)18-9-7-17(8-10-18)21-19(23)20-16-5-3-2-4-6-16/h7-10,15-16H,2-6,11-14H2,1H3,(H2,20,21,23). The smallest absolute Gasteiger partial charge is 0.170 e. The van der Waals surface area contributed by atoms with Crippen LogP contribution in [0, 0.1) is 5.92 Å². The van der Waals surface area contributed by atoms with Gasteiger partial charge >= 0.3 is 0 Å². The number of hydrogen-bond donors (Lipinski definition) is 2. The fourth-order valence-electron chi connectivity index (χ4n) is 3.62. The molecule has 4 heteroatoms. The molecule has 0 spiro atoms. The third-order valence-corrected chi connectivity index (χ3v) is 5.43. The summed E-state index contributed by atoms with van der Waals surface area (Å²) < 4.78 is 0. The molecule has 0 aromatic heterocycles. The van der Waals surface area contributed by atoms with Crippen molar-refractivity contribution in [3.8, 4) is 0 Å². The molecule has 1 heterocycles. The molecule has 0 radical (unpaired) electrons. The number of nitrogens with zero attached hydrogens (tertiary/aromatic N) is 1. The Labute approximate surface area is 145 Å². The van der Waals surface area contributed by atoms with Gasteiger partial charge in [0, 0.05) is 30.5 Å². The van der Waals surface area contributed by atoms with Crippen LogP contribution in [0.15, 0.2) is 24.3 Å². The monoisotopic (exact) mass is 331 g/mol. The van der Waals surface area contributed by atoms with Crippen LogP contribution < -0.4 is 15.5 Å². The Kier molecular flexibility index (Phi) is 5.76. The summed E-state index contributed by atoms with van der Waals surface area (Å²) in [6.07, 6.45) is 9.11. The van der Waals surface area contributed by atoms with Crippen LogP contribution in [0.5, 0.6) is 0 Å². The SMILES string of the molecule is CC1CCN(c2ccc(NC(=S)NC3CCCCC3)cc2)CC1. The van der Waals surface area contributed by atoms with E-state index < -0.39 is 0 Å². The van der Waals surface area contributed by atoms with E-state index in [9.17, 15) is 0 Å². The van der Waals surface area contributed by atoms with Gasteiger partial charge < -0.3 is 15.5 Å². The van der Waals surface area contributed by atoms with Crippen LogP contribution in [0.3, 0.4) is 0 Å². The maximum atomic E-state index is 5.46. The Balaban J connectivity index is 1.49. The minimum absolute atomic E-state index is 0.554. The lowest BCUT2D eigenvalue weighted by molar-refractivity contribution is 0.415. The molecule has 1 aromatic rings. The highest BCUT2D eigenvalue weighted by atomic mass is 32.1. The van der Waals surface area contributed by atoms with Gasteiger partial charge in [0.15, 0.2) is 5.11 Å². The van der Waals surface area contributed by atoms with Crippen molar-refractivity contribution < 1.29 is 0 Å². The van der Waals surface area contributed by atoms with Crippen LogP contribution in [0.25, 0.3) is 0 Å². The maximum Gasteiger partial charge on any atom is 0.170 e. The molecule has 2 N–H and O–H groups in total. The molecule has 3 rings (SSSR count). The Morgan fingerprint density at radius 3 is 2.30 bits per heavy atom. The molecule has 3 nitrogen and oxygen atoms in total. The van der Waals surface area contributed by atoms with Gasteiger partial charge in [-0.05, 0) is 68.1 Å². The van der Waals surface area contributed by atoms with Gasteiger partial charge in [0.1, 0.15) is 0 Å². The molecule has 1 aliphatic carbocycles. The summed E-state index contributed by atoms with van der Waals surface area (Å²) in [5, 5.41) is 7.55. The van der Waals surface area contributed by atoms with Crippen molar-refractivity contribution in [3.05, 3.63) is 24.3 Å². The number of benzene rings is 1. The van der Waals surface area contributed by atoms with E-state index in [0.717, 1.165) is 16.7 Å². The molecule has 1 aromatic carbocycles. The van der Waals surface area contributed by atoms with E-state index in [-0.39, 0.29) is 0 Å². The molecule has 1 aliphatic heterocycles.